The third-order valence-corrected chi connectivity index (χ3v) is 4.46. The molecule has 0 unspecified atom stereocenters. The summed E-state index contributed by atoms with van der Waals surface area (Å²) in [4.78, 5) is 8.31. The van der Waals surface area contributed by atoms with Gasteiger partial charge in [-0.1, -0.05) is 49.8 Å². The van der Waals surface area contributed by atoms with E-state index in [4.69, 9.17) is 10.7 Å². The number of nitrogens with two attached hydrogens (primary N) is 1. The van der Waals surface area contributed by atoms with E-state index in [2.05, 4.69) is 43.0 Å². The van der Waals surface area contributed by atoms with Crippen molar-refractivity contribution in [1.29, 1.82) is 0 Å². The van der Waals surface area contributed by atoms with Gasteiger partial charge < -0.3 is 10.6 Å². The zero-order chi connectivity index (χ0) is 14.4. The minimum absolute atomic E-state index is 0.581. The molecule has 2 rings (SSSR count). The lowest BCUT2D eigenvalue weighted by Gasteiger charge is -2.21. The van der Waals surface area contributed by atoms with Crippen molar-refractivity contribution in [2.75, 3.05) is 11.4 Å². The molecule has 3 nitrogen and oxygen atoms in total. The van der Waals surface area contributed by atoms with Gasteiger partial charge in [0.05, 0.1) is 5.69 Å². The first-order valence-electron chi connectivity index (χ1n) is 7.31. The van der Waals surface area contributed by atoms with E-state index in [0.717, 1.165) is 30.2 Å². The Morgan fingerprint density at radius 1 is 1.20 bits per heavy atom. The molecule has 1 aromatic carbocycles. The monoisotopic (exact) mass is 289 g/mol. The summed E-state index contributed by atoms with van der Waals surface area (Å²) < 4.78 is 0. The lowest BCUT2D eigenvalue weighted by atomic mass is 10.2. The molecule has 0 radical (unpaired) electrons. The molecule has 0 saturated heterocycles. The molecule has 2 N–H and O–H groups in total. The predicted octanol–water partition coefficient (Wildman–Crippen LogP) is 4.10. The molecule has 2 aromatic rings. The van der Waals surface area contributed by atoms with E-state index in [1.165, 1.54) is 17.0 Å². The number of anilines is 2. The van der Waals surface area contributed by atoms with Crippen LogP contribution in [0.25, 0.3) is 0 Å². The van der Waals surface area contributed by atoms with Crippen molar-refractivity contribution in [3.8, 4) is 0 Å². The average molecular weight is 289 g/mol. The Morgan fingerprint density at radius 2 is 1.95 bits per heavy atom. The molecule has 0 aliphatic rings. The minimum atomic E-state index is 0.581. The molecule has 0 spiro atoms. The van der Waals surface area contributed by atoms with Crippen molar-refractivity contribution >= 4 is 22.2 Å². The largest absolute Gasteiger partial charge is 0.326 e. The van der Waals surface area contributed by atoms with Crippen LogP contribution < -0.4 is 10.6 Å². The summed E-state index contributed by atoms with van der Waals surface area (Å²) in [6.07, 6.45) is 3.28. The van der Waals surface area contributed by atoms with E-state index < -0.39 is 0 Å². The van der Waals surface area contributed by atoms with Crippen LogP contribution in [0.5, 0.6) is 0 Å². The highest BCUT2D eigenvalue weighted by Gasteiger charge is 2.15. The molecule has 4 heteroatoms. The molecule has 1 heterocycles. The molecule has 0 bridgehead atoms. The molecule has 0 amide bonds. The molecular weight excluding hydrogens is 266 g/mol. The van der Waals surface area contributed by atoms with Gasteiger partial charge in [-0.15, -0.1) is 0 Å². The van der Waals surface area contributed by atoms with E-state index in [-0.39, 0.29) is 0 Å². The van der Waals surface area contributed by atoms with Gasteiger partial charge in [0, 0.05) is 23.7 Å². The fourth-order valence-corrected chi connectivity index (χ4v) is 3.25. The van der Waals surface area contributed by atoms with E-state index in [1.807, 2.05) is 6.07 Å². The van der Waals surface area contributed by atoms with Crippen molar-refractivity contribution in [2.45, 2.75) is 39.7 Å². The number of thiazole rings is 1. The zero-order valence-electron chi connectivity index (χ0n) is 12.3. The normalized spacial score (nSPS) is 10.8. The number of para-hydroxylation sites is 1. The predicted molar refractivity (Wildman–Crippen MR) is 87.7 cm³/mol. The molecule has 108 valence electrons. The lowest BCUT2D eigenvalue weighted by Crippen LogP contribution is -2.18. The molecule has 1 aromatic heterocycles. The number of aryl methyl sites for hydroxylation is 1. The standard InChI is InChI=1S/C16H23N3S/c1-3-5-11-19(13-9-7-6-8-10-13)16-18-14(4-2)15(12-17)20-16/h6-10H,3-5,11-12,17H2,1-2H3. The highest BCUT2D eigenvalue weighted by atomic mass is 32.1. The van der Waals surface area contributed by atoms with Gasteiger partial charge in [0.15, 0.2) is 5.13 Å². The van der Waals surface area contributed by atoms with Crippen molar-refractivity contribution < 1.29 is 0 Å². The first-order valence-corrected chi connectivity index (χ1v) is 8.13. The molecule has 0 aliphatic heterocycles. The second-order valence-corrected chi connectivity index (χ2v) is 5.83. The van der Waals surface area contributed by atoms with Gasteiger partial charge in [0.2, 0.25) is 0 Å². The molecule has 0 fully saturated rings. The van der Waals surface area contributed by atoms with Gasteiger partial charge in [-0.3, -0.25) is 0 Å². The fourth-order valence-electron chi connectivity index (χ4n) is 2.18. The smallest absolute Gasteiger partial charge is 0.190 e. The van der Waals surface area contributed by atoms with Gasteiger partial charge in [-0.2, -0.15) is 0 Å². The van der Waals surface area contributed by atoms with Crippen LogP contribution in [0.2, 0.25) is 0 Å². The Morgan fingerprint density at radius 3 is 2.50 bits per heavy atom. The number of hydrogen-bond donors (Lipinski definition) is 1. The second kappa shape index (κ2) is 7.41. The number of aromatic nitrogens is 1. The minimum Gasteiger partial charge on any atom is -0.326 e. The van der Waals surface area contributed by atoms with Crippen LogP contribution in [0.3, 0.4) is 0 Å². The van der Waals surface area contributed by atoms with Gasteiger partial charge in [-0.25, -0.2) is 4.98 Å². The third kappa shape index (κ3) is 3.38. The van der Waals surface area contributed by atoms with Gasteiger partial charge >= 0.3 is 0 Å². The van der Waals surface area contributed by atoms with Crippen molar-refractivity contribution in [3.63, 3.8) is 0 Å². The third-order valence-electron chi connectivity index (χ3n) is 3.32. The first kappa shape index (κ1) is 15.0. The fraction of sp³-hybridized carbons (Fsp3) is 0.438. The van der Waals surface area contributed by atoms with Gasteiger partial charge in [-0.05, 0) is 25.0 Å². The molecule has 20 heavy (non-hydrogen) atoms. The molecule has 0 atom stereocenters. The number of hydrogen-bond acceptors (Lipinski definition) is 4. The topological polar surface area (TPSA) is 42.2 Å². The summed E-state index contributed by atoms with van der Waals surface area (Å²) in [7, 11) is 0. The van der Waals surface area contributed by atoms with E-state index in [0.29, 0.717) is 6.54 Å². The zero-order valence-corrected chi connectivity index (χ0v) is 13.1. The highest BCUT2D eigenvalue weighted by Crippen LogP contribution is 2.32. The van der Waals surface area contributed by atoms with Crippen LogP contribution in [0.15, 0.2) is 30.3 Å². The molecule has 0 saturated carbocycles. The lowest BCUT2D eigenvalue weighted by molar-refractivity contribution is 0.782. The van der Waals surface area contributed by atoms with Crippen LogP contribution in [0, 0.1) is 0 Å². The maximum atomic E-state index is 5.83. The van der Waals surface area contributed by atoms with Crippen molar-refractivity contribution in [1.82, 2.24) is 4.98 Å². The maximum Gasteiger partial charge on any atom is 0.190 e. The maximum absolute atomic E-state index is 5.83. The molecular formula is C16H23N3S. The summed E-state index contributed by atoms with van der Waals surface area (Å²) in [6, 6.07) is 10.5. The number of nitrogens with zero attached hydrogens (tertiary/aromatic N) is 2. The summed E-state index contributed by atoms with van der Waals surface area (Å²) in [6.45, 7) is 5.93. The number of benzene rings is 1. The Bertz CT molecular complexity index is 500. The first-order chi connectivity index (χ1) is 9.80. The van der Waals surface area contributed by atoms with Crippen LogP contribution >= 0.6 is 11.3 Å². The number of unbranched alkanes of at least 4 members (excludes halogenated alkanes) is 1. The van der Waals surface area contributed by atoms with Gasteiger partial charge in [0.1, 0.15) is 0 Å². The van der Waals surface area contributed by atoms with Gasteiger partial charge in [0.25, 0.3) is 0 Å². The summed E-state index contributed by atoms with van der Waals surface area (Å²) in [5.74, 6) is 0. The van der Waals surface area contributed by atoms with Crippen molar-refractivity contribution in [3.05, 3.63) is 40.9 Å². The Kier molecular flexibility index (Phi) is 5.56. The van der Waals surface area contributed by atoms with Crippen molar-refractivity contribution in [2.24, 2.45) is 5.73 Å². The second-order valence-electron chi connectivity index (χ2n) is 4.76. The SMILES string of the molecule is CCCCN(c1ccccc1)c1nc(CC)c(CN)s1. The average Bonchev–Trinajstić information content (AvgIpc) is 2.92. The molecule has 0 aliphatic carbocycles. The van der Waals surface area contributed by atoms with Crippen LogP contribution in [-0.4, -0.2) is 11.5 Å². The summed E-state index contributed by atoms with van der Waals surface area (Å²) in [5.41, 5.74) is 8.18. The van der Waals surface area contributed by atoms with Crippen LogP contribution in [0.1, 0.15) is 37.3 Å². The Balaban J connectivity index is 2.33. The van der Waals surface area contributed by atoms with E-state index >= 15 is 0 Å². The van der Waals surface area contributed by atoms with E-state index in [9.17, 15) is 0 Å². The highest BCUT2D eigenvalue weighted by molar-refractivity contribution is 7.15. The Labute approximate surface area is 125 Å². The van der Waals surface area contributed by atoms with Crippen LogP contribution in [-0.2, 0) is 13.0 Å². The summed E-state index contributed by atoms with van der Waals surface area (Å²) >= 11 is 1.73. The Hall–Kier alpha value is -1.39. The quantitative estimate of drug-likeness (QED) is 0.834. The van der Waals surface area contributed by atoms with Crippen LogP contribution in [0.4, 0.5) is 10.8 Å². The summed E-state index contributed by atoms with van der Waals surface area (Å²) in [5, 5.41) is 1.07. The van der Waals surface area contributed by atoms with E-state index in [1.54, 1.807) is 11.3 Å². The number of rotatable bonds is 7.